The van der Waals surface area contributed by atoms with Crippen LogP contribution in [0.3, 0.4) is 0 Å². The molecule has 148 valence electrons. The van der Waals surface area contributed by atoms with Crippen molar-refractivity contribution in [1.29, 1.82) is 0 Å². The molecule has 3 rings (SSSR count). The summed E-state index contributed by atoms with van der Waals surface area (Å²) in [5, 5.41) is 18.1. The van der Waals surface area contributed by atoms with Gasteiger partial charge in [-0.05, 0) is 54.6 Å². The molecule has 29 heavy (non-hydrogen) atoms. The van der Waals surface area contributed by atoms with Crippen LogP contribution in [0.15, 0.2) is 77.7 Å². The molecule has 3 N–H and O–H groups in total. The molecule has 3 aromatic rings. The highest BCUT2D eigenvalue weighted by molar-refractivity contribution is 7.92. The first-order valence-corrected chi connectivity index (χ1v) is 9.71. The molecule has 0 heterocycles. The Balaban J connectivity index is 1.97. The maximum atomic E-state index is 12.7. The normalized spacial score (nSPS) is 10.9. The second-order valence-corrected chi connectivity index (χ2v) is 7.55. The average molecular weight is 413 g/mol. The lowest BCUT2D eigenvalue weighted by Crippen LogP contribution is -2.14. The molecule has 0 fully saturated rings. The van der Waals surface area contributed by atoms with E-state index in [1.807, 2.05) is 0 Å². The van der Waals surface area contributed by atoms with Gasteiger partial charge in [0, 0.05) is 0 Å². The highest BCUT2D eigenvalue weighted by Gasteiger charge is 2.19. The van der Waals surface area contributed by atoms with Crippen LogP contribution in [0.2, 0.25) is 0 Å². The third-order valence-corrected chi connectivity index (χ3v) is 5.23. The summed E-state index contributed by atoms with van der Waals surface area (Å²) in [6, 6.07) is 17.0. The van der Waals surface area contributed by atoms with Gasteiger partial charge in [-0.2, -0.15) is 0 Å². The van der Waals surface area contributed by atoms with E-state index in [-0.39, 0.29) is 27.5 Å². The monoisotopic (exact) mass is 413 g/mol. The molecule has 0 atom stereocenters. The number of hydrogen-bond acceptors (Lipinski definition) is 5. The highest BCUT2D eigenvalue weighted by atomic mass is 32.2. The van der Waals surface area contributed by atoms with Crippen molar-refractivity contribution in [2.24, 2.45) is 0 Å². The number of ether oxygens (including phenoxy) is 1. The molecule has 3 aromatic carbocycles. The fourth-order valence-electron chi connectivity index (χ4n) is 2.43. The minimum absolute atomic E-state index is 0.0649. The number of sulfonamides is 1. The molecule has 9 heteroatoms. The molecule has 0 aromatic heterocycles. The van der Waals surface area contributed by atoms with E-state index < -0.39 is 22.0 Å². The second kappa shape index (κ2) is 8.03. The van der Waals surface area contributed by atoms with Gasteiger partial charge in [-0.15, -0.1) is 0 Å². The third-order valence-electron chi connectivity index (χ3n) is 3.85. The maximum absolute atomic E-state index is 12.7. The summed E-state index contributed by atoms with van der Waals surface area (Å²) in [5.74, 6) is -1.88. The smallest absolute Gasteiger partial charge is 0.335 e. The second-order valence-electron chi connectivity index (χ2n) is 5.87. The van der Waals surface area contributed by atoms with Crippen LogP contribution < -0.4 is 9.46 Å². The van der Waals surface area contributed by atoms with Crippen LogP contribution in [0.4, 0.5) is 5.69 Å². The molecular weight excluding hydrogens is 398 g/mol. The van der Waals surface area contributed by atoms with Gasteiger partial charge in [0.25, 0.3) is 10.0 Å². The van der Waals surface area contributed by atoms with Crippen molar-refractivity contribution in [3.63, 3.8) is 0 Å². The zero-order valence-corrected chi connectivity index (χ0v) is 15.6. The average Bonchev–Trinajstić information content (AvgIpc) is 2.70. The topological polar surface area (TPSA) is 130 Å². The summed E-state index contributed by atoms with van der Waals surface area (Å²) >= 11 is 0. The van der Waals surface area contributed by atoms with Crippen molar-refractivity contribution in [3.8, 4) is 11.5 Å². The summed E-state index contributed by atoms with van der Waals surface area (Å²) < 4.78 is 33.4. The molecule has 0 radical (unpaired) electrons. The fraction of sp³-hybridized carbons (Fsp3) is 0. The van der Waals surface area contributed by atoms with Gasteiger partial charge in [0.05, 0.1) is 21.7 Å². The summed E-state index contributed by atoms with van der Waals surface area (Å²) in [7, 11) is -4.13. The summed E-state index contributed by atoms with van der Waals surface area (Å²) in [4.78, 5) is 22.0. The number of carbonyl (C=O) groups is 2. The van der Waals surface area contributed by atoms with Crippen molar-refractivity contribution >= 4 is 27.6 Å². The number of carboxylic acids is 2. The van der Waals surface area contributed by atoms with Crippen LogP contribution in [0, 0.1) is 0 Å². The van der Waals surface area contributed by atoms with E-state index in [1.54, 1.807) is 30.3 Å². The van der Waals surface area contributed by atoms with E-state index >= 15 is 0 Å². The van der Waals surface area contributed by atoms with Crippen LogP contribution in [-0.2, 0) is 10.0 Å². The summed E-state index contributed by atoms with van der Waals surface area (Å²) in [6.45, 7) is 0. The lowest BCUT2D eigenvalue weighted by molar-refractivity contribution is 0.0686. The number of hydrogen-bond donors (Lipinski definition) is 3. The molecule has 0 aliphatic heterocycles. The number of rotatable bonds is 7. The summed E-state index contributed by atoms with van der Waals surface area (Å²) in [5.41, 5.74) is -0.273. The van der Waals surface area contributed by atoms with E-state index in [0.29, 0.717) is 5.75 Å². The first-order chi connectivity index (χ1) is 13.8. The van der Waals surface area contributed by atoms with Gasteiger partial charge in [0.15, 0.2) is 5.75 Å². The maximum Gasteiger partial charge on any atom is 0.335 e. The quantitative estimate of drug-likeness (QED) is 0.539. The van der Waals surface area contributed by atoms with Crippen molar-refractivity contribution in [2.45, 2.75) is 4.90 Å². The van der Waals surface area contributed by atoms with E-state index in [0.717, 1.165) is 30.3 Å². The Morgan fingerprint density at radius 2 is 1.38 bits per heavy atom. The molecule has 0 amide bonds. The minimum atomic E-state index is -4.13. The van der Waals surface area contributed by atoms with E-state index in [9.17, 15) is 23.1 Å². The molecular formula is C20H15NO7S. The summed E-state index contributed by atoms with van der Waals surface area (Å²) in [6.07, 6.45) is 0. The van der Waals surface area contributed by atoms with Crippen LogP contribution in [0.1, 0.15) is 20.7 Å². The number of benzene rings is 3. The predicted octanol–water partition coefficient (Wildman–Crippen LogP) is 3.68. The number of aromatic carboxylic acids is 2. The van der Waals surface area contributed by atoms with Crippen molar-refractivity contribution in [1.82, 2.24) is 0 Å². The SMILES string of the molecule is O=C(O)c1ccc(S(=O)(=O)Nc2cc(C(=O)O)ccc2Oc2ccccc2)cc1. The first-order valence-electron chi connectivity index (χ1n) is 8.23. The molecule has 0 saturated heterocycles. The van der Waals surface area contributed by atoms with Gasteiger partial charge >= 0.3 is 11.9 Å². The lowest BCUT2D eigenvalue weighted by Gasteiger charge is -2.14. The number of nitrogens with one attached hydrogen (secondary N) is 1. The third kappa shape index (κ3) is 4.71. The molecule has 0 saturated carbocycles. The molecule has 0 spiro atoms. The van der Waals surface area contributed by atoms with E-state index in [4.69, 9.17) is 9.84 Å². The van der Waals surface area contributed by atoms with Crippen LogP contribution in [-0.4, -0.2) is 30.6 Å². The Kier molecular flexibility index (Phi) is 5.51. The van der Waals surface area contributed by atoms with E-state index in [2.05, 4.69) is 4.72 Å². The van der Waals surface area contributed by atoms with Crippen LogP contribution in [0.25, 0.3) is 0 Å². The molecule has 8 nitrogen and oxygen atoms in total. The Labute approximate surface area is 166 Å². The van der Waals surface area contributed by atoms with Crippen molar-refractivity contribution < 1.29 is 33.0 Å². The van der Waals surface area contributed by atoms with Gasteiger partial charge in [-0.3, -0.25) is 4.72 Å². The van der Waals surface area contributed by atoms with Crippen molar-refractivity contribution in [3.05, 3.63) is 83.9 Å². The zero-order chi connectivity index (χ0) is 21.0. The Morgan fingerprint density at radius 3 is 1.97 bits per heavy atom. The van der Waals surface area contributed by atoms with Crippen LogP contribution >= 0.6 is 0 Å². The molecule has 0 bridgehead atoms. The van der Waals surface area contributed by atoms with Crippen LogP contribution in [0.5, 0.6) is 11.5 Å². The standard InChI is InChI=1S/C20H15NO7S/c22-19(23)13-6-9-16(10-7-13)29(26,27)21-17-12-14(20(24)25)8-11-18(17)28-15-4-2-1-3-5-15/h1-12,21H,(H,22,23)(H,24,25). The Morgan fingerprint density at radius 1 is 0.793 bits per heavy atom. The Hall–Kier alpha value is -3.85. The fourth-order valence-corrected chi connectivity index (χ4v) is 3.49. The predicted molar refractivity (Wildman–Crippen MR) is 104 cm³/mol. The highest BCUT2D eigenvalue weighted by Crippen LogP contribution is 2.32. The van der Waals surface area contributed by atoms with Gasteiger partial charge < -0.3 is 14.9 Å². The molecule has 0 aliphatic rings. The lowest BCUT2D eigenvalue weighted by atomic mass is 10.2. The van der Waals surface area contributed by atoms with Gasteiger partial charge in [0.2, 0.25) is 0 Å². The molecule has 0 aliphatic carbocycles. The van der Waals surface area contributed by atoms with Gasteiger partial charge in [-0.25, -0.2) is 18.0 Å². The Bertz CT molecular complexity index is 1160. The number of anilines is 1. The first kappa shape index (κ1) is 19.9. The minimum Gasteiger partial charge on any atom is -0.478 e. The van der Waals surface area contributed by atoms with Gasteiger partial charge in [-0.1, -0.05) is 18.2 Å². The molecule has 0 unspecified atom stereocenters. The van der Waals surface area contributed by atoms with Gasteiger partial charge in [0.1, 0.15) is 5.75 Å². The van der Waals surface area contributed by atoms with E-state index in [1.165, 1.54) is 12.1 Å². The zero-order valence-electron chi connectivity index (χ0n) is 14.8. The van der Waals surface area contributed by atoms with Crippen molar-refractivity contribution in [2.75, 3.05) is 4.72 Å². The number of para-hydroxylation sites is 1. The number of carboxylic acid groups (broad SMARTS) is 2. The largest absolute Gasteiger partial charge is 0.478 e.